The lowest BCUT2D eigenvalue weighted by atomic mass is 10.1. The van der Waals surface area contributed by atoms with E-state index in [0.717, 1.165) is 18.8 Å². The predicted octanol–water partition coefficient (Wildman–Crippen LogP) is 1.92. The highest BCUT2D eigenvalue weighted by Crippen LogP contribution is 2.24. The number of nitrogen functional groups attached to an aromatic ring is 1. The van der Waals surface area contributed by atoms with Crippen LogP contribution in [0, 0.1) is 0 Å². The van der Waals surface area contributed by atoms with E-state index >= 15 is 0 Å². The van der Waals surface area contributed by atoms with Gasteiger partial charge in [0.2, 0.25) is 0 Å². The molecule has 0 atom stereocenters. The van der Waals surface area contributed by atoms with Gasteiger partial charge in [0.1, 0.15) is 0 Å². The van der Waals surface area contributed by atoms with Crippen molar-refractivity contribution in [3.8, 4) is 0 Å². The van der Waals surface area contributed by atoms with E-state index in [2.05, 4.69) is 16.6 Å². The molecule has 106 valence electrons. The van der Waals surface area contributed by atoms with Crippen LogP contribution in [0.5, 0.6) is 0 Å². The van der Waals surface area contributed by atoms with Crippen molar-refractivity contribution in [2.45, 2.75) is 13.8 Å². The molecule has 19 heavy (non-hydrogen) atoms. The Hall–Kier alpha value is -1.75. The summed E-state index contributed by atoms with van der Waals surface area (Å²) in [5.41, 5.74) is 7.95. The molecule has 0 aliphatic carbocycles. The zero-order chi connectivity index (χ0) is 14.3. The molecule has 1 aromatic carbocycles. The maximum absolute atomic E-state index is 11.4. The first kappa shape index (κ1) is 15.3. The molecule has 0 aliphatic rings. The molecule has 1 aromatic rings. The van der Waals surface area contributed by atoms with Crippen LogP contribution in [0.1, 0.15) is 24.2 Å². The van der Waals surface area contributed by atoms with Crippen LogP contribution in [0.25, 0.3) is 0 Å². The third-order valence-electron chi connectivity index (χ3n) is 2.88. The van der Waals surface area contributed by atoms with Crippen LogP contribution in [0.2, 0.25) is 0 Å². The van der Waals surface area contributed by atoms with Crippen LogP contribution >= 0.6 is 0 Å². The summed E-state index contributed by atoms with van der Waals surface area (Å²) < 4.78 is 10.0. The molecule has 0 aliphatic heterocycles. The van der Waals surface area contributed by atoms with Gasteiger partial charge in [-0.3, -0.25) is 0 Å². The highest BCUT2D eigenvalue weighted by atomic mass is 16.5. The molecule has 0 bridgehead atoms. The molecular formula is C14H22N2O3. The number of carbonyl (C=O) groups excluding carboxylic acids is 1. The second-order valence-corrected chi connectivity index (χ2v) is 4.04. The Morgan fingerprint density at radius 3 is 2.63 bits per heavy atom. The van der Waals surface area contributed by atoms with Crippen molar-refractivity contribution in [2.24, 2.45) is 0 Å². The summed E-state index contributed by atoms with van der Waals surface area (Å²) in [7, 11) is 1.35. The van der Waals surface area contributed by atoms with Gasteiger partial charge in [-0.1, -0.05) is 0 Å². The van der Waals surface area contributed by atoms with Gasteiger partial charge in [-0.15, -0.1) is 0 Å². The van der Waals surface area contributed by atoms with Crippen molar-refractivity contribution in [1.82, 2.24) is 0 Å². The third kappa shape index (κ3) is 4.13. The molecule has 0 saturated heterocycles. The lowest BCUT2D eigenvalue weighted by Gasteiger charge is -2.24. The van der Waals surface area contributed by atoms with Crippen LogP contribution in [-0.2, 0) is 9.47 Å². The van der Waals surface area contributed by atoms with Gasteiger partial charge in [-0.05, 0) is 32.0 Å². The van der Waals surface area contributed by atoms with Gasteiger partial charge in [0.25, 0.3) is 0 Å². The lowest BCUT2D eigenvalue weighted by molar-refractivity contribution is 0.0601. The largest absolute Gasteiger partial charge is 0.465 e. The van der Waals surface area contributed by atoms with Gasteiger partial charge < -0.3 is 20.1 Å². The van der Waals surface area contributed by atoms with E-state index in [9.17, 15) is 4.79 Å². The van der Waals surface area contributed by atoms with E-state index in [-0.39, 0.29) is 5.97 Å². The Bertz CT molecular complexity index is 421. The Morgan fingerprint density at radius 1 is 1.37 bits per heavy atom. The molecule has 0 amide bonds. The summed E-state index contributed by atoms with van der Waals surface area (Å²) in [5, 5.41) is 0. The van der Waals surface area contributed by atoms with E-state index in [1.807, 2.05) is 13.0 Å². The van der Waals surface area contributed by atoms with Crippen LogP contribution < -0.4 is 10.6 Å². The Morgan fingerprint density at radius 2 is 2.11 bits per heavy atom. The smallest absolute Gasteiger partial charge is 0.337 e. The average Bonchev–Trinajstić information content (AvgIpc) is 2.43. The van der Waals surface area contributed by atoms with E-state index in [0.29, 0.717) is 24.5 Å². The van der Waals surface area contributed by atoms with Crippen LogP contribution in [0.4, 0.5) is 11.4 Å². The quantitative estimate of drug-likeness (QED) is 0.464. The lowest BCUT2D eigenvalue weighted by Crippen LogP contribution is -2.28. The summed E-state index contributed by atoms with van der Waals surface area (Å²) in [6.45, 7) is 6.98. The molecular weight excluding hydrogens is 244 g/mol. The first-order valence-corrected chi connectivity index (χ1v) is 6.44. The highest BCUT2D eigenvalue weighted by molar-refractivity contribution is 5.91. The number of nitrogens with zero attached hydrogens (tertiary/aromatic N) is 1. The fourth-order valence-electron chi connectivity index (χ4n) is 1.86. The molecule has 0 spiro atoms. The van der Waals surface area contributed by atoms with Crippen molar-refractivity contribution < 1.29 is 14.3 Å². The maximum Gasteiger partial charge on any atom is 0.337 e. The summed E-state index contributed by atoms with van der Waals surface area (Å²) >= 11 is 0. The Balaban J connectivity index is 2.84. The van der Waals surface area contributed by atoms with Gasteiger partial charge in [-0.2, -0.15) is 0 Å². The zero-order valence-corrected chi connectivity index (χ0v) is 11.8. The second-order valence-electron chi connectivity index (χ2n) is 4.04. The first-order valence-electron chi connectivity index (χ1n) is 6.44. The fraction of sp³-hybridized carbons (Fsp3) is 0.500. The van der Waals surface area contributed by atoms with E-state index in [4.69, 9.17) is 10.5 Å². The molecule has 0 fully saturated rings. The van der Waals surface area contributed by atoms with E-state index < -0.39 is 0 Å². The molecule has 5 nitrogen and oxygen atoms in total. The first-order chi connectivity index (χ1) is 9.13. The maximum atomic E-state index is 11.4. The SMILES string of the molecule is CCOCCN(CC)c1ccc(C(=O)OC)cc1N. The number of anilines is 2. The number of hydrogen-bond acceptors (Lipinski definition) is 5. The van der Waals surface area contributed by atoms with Crippen molar-refractivity contribution in [3.05, 3.63) is 23.8 Å². The van der Waals surface area contributed by atoms with Gasteiger partial charge in [0.05, 0.1) is 30.7 Å². The molecule has 1 rings (SSSR count). The fourth-order valence-corrected chi connectivity index (χ4v) is 1.86. The summed E-state index contributed by atoms with van der Waals surface area (Å²) in [6, 6.07) is 5.21. The third-order valence-corrected chi connectivity index (χ3v) is 2.88. The number of rotatable bonds is 7. The van der Waals surface area contributed by atoms with Crippen LogP contribution in [-0.4, -0.2) is 39.4 Å². The van der Waals surface area contributed by atoms with Crippen LogP contribution in [0.3, 0.4) is 0 Å². The van der Waals surface area contributed by atoms with E-state index in [1.54, 1.807) is 12.1 Å². The normalized spacial score (nSPS) is 10.3. The molecule has 0 radical (unpaired) electrons. The van der Waals surface area contributed by atoms with Gasteiger partial charge >= 0.3 is 5.97 Å². The average molecular weight is 266 g/mol. The minimum absolute atomic E-state index is 0.379. The molecule has 0 aromatic heterocycles. The van der Waals surface area contributed by atoms with Crippen molar-refractivity contribution in [2.75, 3.05) is 44.0 Å². The number of benzene rings is 1. The standard InChI is InChI=1S/C14H22N2O3/c1-4-16(8-9-19-5-2)13-7-6-11(10-12(13)15)14(17)18-3/h6-7,10H,4-5,8-9,15H2,1-3H3. The number of hydrogen-bond donors (Lipinski definition) is 1. The minimum Gasteiger partial charge on any atom is -0.465 e. The van der Waals surface area contributed by atoms with Crippen molar-refractivity contribution >= 4 is 17.3 Å². The molecule has 0 unspecified atom stereocenters. The topological polar surface area (TPSA) is 64.8 Å². The Kier molecular flexibility index (Phi) is 6.15. The number of esters is 1. The van der Waals surface area contributed by atoms with Gasteiger partial charge in [0, 0.05) is 19.7 Å². The Labute approximate surface area is 114 Å². The number of ether oxygens (including phenoxy) is 2. The summed E-state index contributed by atoms with van der Waals surface area (Å²) in [4.78, 5) is 13.5. The summed E-state index contributed by atoms with van der Waals surface area (Å²) in [5.74, 6) is -0.379. The van der Waals surface area contributed by atoms with Gasteiger partial charge in [-0.25, -0.2) is 4.79 Å². The number of methoxy groups -OCH3 is 1. The minimum atomic E-state index is -0.379. The van der Waals surface area contributed by atoms with Crippen molar-refractivity contribution in [1.29, 1.82) is 0 Å². The number of carbonyl (C=O) groups is 1. The van der Waals surface area contributed by atoms with E-state index in [1.165, 1.54) is 7.11 Å². The summed E-state index contributed by atoms with van der Waals surface area (Å²) in [6.07, 6.45) is 0. The molecule has 0 heterocycles. The molecule has 5 heteroatoms. The number of likely N-dealkylation sites (N-methyl/N-ethyl adjacent to an activating group) is 1. The molecule has 0 saturated carbocycles. The predicted molar refractivity (Wildman–Crippen MR) is 76.6 cm³/mol. The number of nitrogens with two attached hydrogens (primary N) is 1. The second kappa shape index (κ2) is 7.63. The van der Waals surface area contributed by atoms with Gasteiger partial charge in [0.15, 0.2) is 0 Å². The molecule has 2 N–H and O–H groups in total. The zero-order valence-electron chi connectivity index (χ0n) is 11.8. The van der Waals surface area contributed by atoms with Crippen molar-refractivity contribution in [3.63, 3.8) is 0 Å². The monoisotopic (exact) mass is 266 g/mol. The van der Waals surface area contributed by atoms with Crippen LogP contribution in [0.15, 0.2) is 18.2 Å². The highest BCUT2D eigenvalue weighted by Gasteiger charge is 2.12.